The summed E-state index contributed by atoms with van der Waals surface area (Å²) in [5.41, 5.74) is 0.804. The zero-order chi connectivity index (χ0) is 14.8. The summed E-state index contributed by atoms with van der Waals surface area (Å²) in [4.78, 5) is 23.3. The number of carbonyl (C=O) groups is 2. The summed E-state index contributed by atoms with van der Waals surface area (Å²) in [6.07, 6.45) is 2.32. The number of carbonyl (C=O) groups excluding carboxylic acids is 1. The summed E-state index contributed by atoms with van der Waals surface area (Å²) >= 11 is 0. The molecule has 1 aliphatic rings. The molecule has 0 saturated heterocycles. The molecule has 2 rings (SSSR count). The summed E-state index contributed by atoms with van der Waals surface area (Å²) in [5, 5.41) is 11.8. The Kier molecular flexibility index (Phi) is 3.97. The monoisotopic (exact) mass is 277 g/mol. The number of ether oxygens (including phenoxy) is 1. The third-order valence-corrected chi connectivity index (χ3v) is 3.78. The van der Waals surface area contributed by atoms with Gasteiger partial charge in [0.15, 0.2) is 0 Å². The molecular weight excluding hydrogens is 258 g/mol. The Morgan fingerprint density at radius 1 is 1.40 bits per heavy atom. The number of nitrogens with one attached hydrogen (secondary N) is 1. The second-order valence-corrected chi connectivity index (χ2v) is 5.36. The van der Waals surface area contributed by atoms with E-state index in [0.29, 0.717) is 24.2 Å². The number of carboxylic acids is 1. The minimum atomic E-state index is -0.888. The largest absolute Gasteiger partial charge is 0.496 e. The van der Waals surface area contributed by atoms with Gasteiger partial charge in [0.2, 0.25) is 0 Å². The molecule has 0 heterocycles. The van der Waals surface area contributed by atoms with Gasteiger partial charge >= 0.3 is 5.97 Å². The molecule has 0 unspecified atom stereocenters. The van der Waals surface area contributed by atoms with E-state index in [1.807, 2.05) is 13.0 Å². The van der Waals surface area contributed by atoms with Gasteiger partial charge in [-0.05, 0) is 38.3 Å². The highest BCUT2D eigenvalue weighted by atomic mass is 16.5. The van der Waals surface area contributed by atoms with E-state index in [4.69, 9.17) is 9.84 Å². The molecule has 1 aromatic carbocycles. The van der Waals surface area contributed by atoms with Crippen LogP contribution < -0.4 is 10.1 Å². The summed E-state index contributed by atoms with van der Waals surface area (Å²) < 4.78 is 5.19. The molecule has 108 valence electrons. The molecule has 5 nitrogen and oxygen atoms in total. The summed E-state index contributed by atoms with van der Waals surface area (Å²) in [6.45, 7) is 1.90. The van der Waals surface area contributed by atoms with Crippen LogP contribution in [0.5, 0.6) is 5.75 Å². The summed E-state index contributed by atoms with van der Waals surface area (Å²) in [5.74, 6) is -0.661. The van der Waals surface area contributed by atoms with Crippen molar-refractivity contribution in [3.05, 3.63) is 29.3 Å². The zero-order valence-electron chi connectivity index (χ0n) is 11.7. The normalized spacial score (nSPS) is 16.1. The van der Waals surface area contributed by atoms with Crippen LogP contribution in [0.25, 0.3) is 0 Å². The van der Waals surface area contributed by atoms with Gasteiger partial charge < -0.3 is 15.2 Å². The molecule has 1 aliphatic carbocycles. The molecule has 2 N–H and O–H groups in total. The van der Waals surface area contributed by atoms with Gasteiger partial charge in [0, 0.05) is 0 Å². The van der Waals surface area contributed by atoms with Crippen molar-refractivity contribution >= 4 is 11.9 Å². The van der Waals surface area contributed by atoms with E-state index in [1.165, 1.54) is 7.11 Å². The maximum atomic E-state index is 12.4. The lowest BCUT2D eigenvalue weighted by Crippen LogP contribution is -2.54. The van der Waals surface area contributed by atoms with Crippen LogP contribution in [0.15, 0.2) is 18.2 Å². The SMILES string of the molecule is COc1ccc(C)cc1C(=O)NC1(CC(=O)O)CCC1. The van der Waals surface area contributed by atoms with Crippen molar-refractivity contribution in [2.45, 2.75) is 38.1 Å². The van der Waals surface area contributed by atoms with Crippen LogP contribution in [0.2, 0.25) is 0 Å². The van der Waals surface area contributed by atoms with Crippen LogP contribution in [0.3, 0.4) is 0 Å². The van der Waals surface area contributed by atoms with Crippen LogP contribution in [0, 0.1) is 6.92 Å². The number of hydrogen-bond donors (Lipinski definition) is 2. The van der Waals surface area contributed by atoms with Crippen LogP contribution in [0.1, 0.15) is 41.6 Å². The number of methoxy groups -OCH3 is 1. The molecule has 1 aromatic rings. The highest BCUT2D eigenvalue weighted by Crippen LogP contribution is 2.35. The first-order chi connectivity index (χ1) is 9.46. The van der Waals surface area contributed by atoms with Crippen LogP contribution >= 0.6 is 0 Å². The molecule has 0 aliphatic heterocycles. The van der Waals surface area contributed by atoms with Gasteiger partial charge in [0.1, 0.15) is 5.75 Å². The minimum Gasteiger partial charge on any atom is -0.496 e. The first-order valence-corrected chi connectivity index (χ1v) is 6.65. The quantitative estimate of drug-likeness (QED) is 0.864. The Balaban J connectivity index is 2.19. The zero-order valence-corrected chi connectivity index (χ0v) is 11.7. The minimum absolute atomic E-state index is 0.0349. The molecule has 0 bridgehead atoms. The fourth-order valence-corrected chi connectivity index (χ4v) is 2.55. The number of aliphatic carboxylic acids is 1. The molecule has 20 heavy (non-hydrogen) atoms. The Labute approximate surface area is 117 Å². The van der Waals surface area contributed by atoms with E-state index in [1.54, 1.807) is 12.1 Å². The second kappa shape index (κ2) is 5.53. The number of hydrogen-bond acceptors (Lipinski definition) is 3. The lowest BCUT2D eigenvalue weighted by Gasteiger charge is -2.41. The maximum absolute atomic E-state index is 12.4. The lowest BCUT2D eigenvalue weighted by molar-refractivity contribution is -0.139. The number of benzene rings is 1. The molecule has 0 aromatic heterocycles. The number of aryl methyl sites for hydroxylation is 1. The Morgan fingerprint density at radius 3 is 2.60 bits per heavy atom. The predicted octanol–water partition coefficient (Wildman–Crippen LogP) is 2.13. The van der Waals surface area contributed by atoms with Crippen molar-refractivity contribution in [1.29, 1.82) is 0 Å². The molecule has 5 heteroatoms. The van der Waals surface area contributed by atoms with Gasteiger partial charge in [0.25, 0.3) is 5.91 Å². The van der Waals surface area contributed by atoms with Crippen molar-refractivity contribution in [3.63, 3.8) is 0 Å². The third kappa shape index (κ3) is 2.92. The Morgan fingerprint density at radius 2 is 2.10 bits per heavy atom. The van der Waals surface area contributed by atoms with Crippen LogP contribution in [-0.4, -0.2) is 29.6 Å². The fourth-order valence-electron chi connectivity index (χ4n) is 2.55. The molecule has 1 amide bonds. The van der Waals surface area contributed by atoms with Gasteiger partial charge in [-0.25, -0.2) is 0 Å². The van der Waals surface area contributed by atoms with Crippen molar-refractivity contribution in [2.24, 2.45) is 0 Å². The summed E-state index contributed by atoms with van der Waals surface area (Å²) in [6, 6.07) is 5.36. The average molecular weight is 277 g/mol. The lowest BCUT2D eigenvalue weighted by atomic mass is 9.74. The Bertz CT molecular complexity index is 535. The molecule has 0 spiro atoms. The van der Waals surface area contributed by atoms with Gasteiger partial charge in [0.05, 0.1) is 24.6 Å². The van der Waals surface area contributed by atoms with E-state index < -0.39 is 11.5 Å². The highest BCUT2D eigenvalue weighted by Gasteiger charge is 2.40. The molecular formula is C15H19NO4. The number of amides is 1. The number of carboxylic acid groups (broad SMARTS) is 1. The van der Waals surface area contributed by atoms with Crippen LogP contribution in [-0.2, 0) is 4.79 Å². The molecule has 1 fully saturated rings. The second-order valence-electron chi connectivity index (χ2n) is 5.36. The smallest absolute Gasteiger partial charge is 0.305 e. The maximum Gasteiger partial charge on any atom is 0.305 e. The fraction of sp³-hybridized carbons (Fsp3) is 0.467. The van der Waals surface area contributed by atoms with Gasteiger partial charge in [-0.1, -0.05) is 11.6 Å². The molecule has 0 atom stereocenters. The van der Waals surface area contributed by atoms with Crippen molar-refractivity contribution in [1.82, 2.24) is 5.32 Å². The summed E-state index contributed by atoms with van der Waals surface area (Å²) in [7, 11) is 1.51. The van der Waals surface area contributed by atoms with Gasteiger partial charge in [-0.3, -0.25) is 9.59 Å². The molecule has 1 saturated carbocycles. The van der Waals surface area contributed by atoms with Crippen molar-refractivity contribution in [2.75, 3.05) is 7.11 Å². The van der Waals surface area contributed by atoms with Crippen molar-refractivity contribution in [3.8, 4) is 5.75 Å². The van der Waals surface area contributed by atoms with Gasteiger partial charge in [-0.2, -0.15) is 0 Å². The molecule has 0 radical (unpaired) electrons. The van der Waals surface area contributed by atoms with Gasteiger partial charge in [-0.15, -0.1) is 0 Å². The van der Waals surface area contributed by atoms with Crippen LogP contribution in [0.4, 0.5) is 0 Å². The number of rotatable bonds is 5. The third-order valence-electron chi connectivity index (χ3n) is 3.78. The van der Waals surface area contributed by atoms with Crippen molar-refractivity contribution < 1.29 is 19.4 Å². The standard InChI is InChI=1S/C15H19NO4/c1-10-4-5-12(20-2)11(8-10)14(19)16-15(6-3-7-15)9-13(17)18/h4-5,8H,3,6-7,9H2,1-2H3,(H,16,19)(H,17,18). The predicted molar refractivity (Wildman–Crippen MR) is 74.0 cm³/mol. The topological polar surface area (TPSA) is 75.6 Å². The first-order valence-electron chi connectivity index (χ1n) is 6.65. The van der Waals surface area contributed by atoms with E-state index in [-0.39, 0.29) is 12.3 Å². The Hall–Kier alpha value is -2.04. The highest BCUT2D eigenvalue weighted by molar-refractivity contribution is 5.98. The van der Waals surface area contributed by atoms with E-state index in [2.05, 4.69) is 5.32 Å². The average Bonchev–Trinajstić information content (AvgIpc) is 2.35. The van der Waals surface area contributed by atoms with E-state index >= 15 is 0 Å². The first kappa shape index (κ1) is 14.4. The van der Waals surface area contributed by atoms with E-state index in [9.17, 15) is 9.59 Å². The van der Waals surface area contributed by atoms with E-state index in [0.717, 1.165) is 12.0 Å².